The lowest BCUT2D eigenvalue weighted by Crippen LogP contribution is -2.17. The largest absolute Gasteiger partial charge is 0.334 e. The van der Waals surface area contributed by atoms with Gasteiger partial charge < -0.3 is 14.4 Å². The van der Waals surface area contributed by atoms with E-state index in [1.165, 1.54) is 5.56 Å². The number of benzene rings is 3. The van der Waals surface area contributed by atoms with E-state index in [-0.39, 0.29) is 17.7 Å². The molecular formula is C29H28ClN3O4S. The highest BCUT2D eigenvalue weighted by atomic mass is 35.5. The highest BCUT2D eigenvalue weighted by Crippen LogP contribution is 2.54. The molecule has 3 aromatic carbocycles. The molecule has 1 amide bonds. The monoisotopic (exact) mass is 549 g/mol. The summed E-state index contributed by atoms with van der Waals surface area (Å²) in [7, 11) is 0. The number of halogens is 1. The van der Waals surface area contributed by atoms with Gasteiger partial charge in [0.05, 0.1) is 17.1 Å². The number of anilines is 1. The van der Waals surface area contributed by atoms with E-state index in [1.54, 1.807) is 31.2 Å². The predicted molar refractivity (Wildman–Crippen MR) is 149 cm³/mol. The molecule has 0 bridgehead atoms. The van der Waals surface area contributed by atoms with Gasteiger partial charge in [-0.15, -0.1) is 0 Å². The van der Waals surface area contributed by atoms with Crippen LogP contribution in [0.3, 0.4) is 0 Å². The molecule has 5 rings (SSSR count). The SMILES string of the molecule is Cc1cc(NC(=O)Cc2ccc(C(C)S(=O)O)cc2)cc(C)c1C1(c2noc(-c3ccc(Cl)cc3)n2)CC1. The molecule has 0 spiro atoms. The summed E-state index contributed by atoms with van der Waals surface area (Å²) in [5.41, 5.74) is 6.15. The van der Waals surface area contributed by atoms with E-state index >= 15 is 0 Å². The zero-order valence-electron chi connectivity index (χ0n) is 21.3. The number of hydrogen-bond acceptors (Lipinski definition) is 5. The molecule has 1 heterocycles. The number of carbonyl (C=O) groups is 1. The van der Waals surface area contributed by atoms with Crippen molar-refractivity contribution in [2.45, 2.75) is 50.7 Å². The van der Waals surface area contributed by atoms with E-state index < -0.39 is 16.3 Å². The summed E-state index contributed by atoms with van der Waals surface area (Å²) in [5.74, 6) is 1.01. The van der Waals surface area contributed by atoms with Crippen LogP contribution in [-0.2, 0) is 27.7 Å². The van der Waals surface area contributed by atoms with Gasteiger partial charge in [-0.25, -0.2) is 4.21 Å². The Morgan fingerprint density at radius 3 is 2.32 bits per heavy atom. The second-order valence-corrected chi connectivity index (χ2v) is 11.6. The van der Waals surface area contributed by atoms with Crippen LogP contribution in [0.5, 0.6) is 0 Å². The van der Waals surface area contributed by atoms with Crippen molar-refractivity contribution < 1.29 is 18.1 Å². The topological polar surface area (TPSA) is 105 Å². The van der Waals surface area contributed by atoms with Crippen LogP contribution in [0.25, 0.3) is 11.5 Å². The Balaban J connectivity index is 1.31. The quantitative estimate of drug-likeness (QED) is 0.241. The van der Waals surface area contributed by atoms with Crippen LogP contribution in [-0.4, -0.2) is 24.8 Å². The minimum Gasteiger partial charge on any atom is -0.334 e. The van der Waals surface area contributed by atoms with Gasteiger partial charge in [-0.1, -0.05) is 41.0 Å². The number of nitrogens with one attached hydrogen (secondary N) is 1. The lowest BCUT2D eigenvalue weighted by Gasteiger charge is -2.19. The maximum absolute atomic E-state index is 12.8. The normalized spacial score (nSPS) is 15.6. The standard InChI is InChI=1S/C29H28ClN3O4S/c1-17-14-24(31-25(34)16-20-4-6-21(7-5-20)19(3)38(35)36)15-18(2)26(17)29(12-13-29)28-32-27(37-33-28)22-8-10-23(30)11-9-22/h4-11,14-15,19H,12-13,16H2,1-3H3,(H,31,34)(H,35,36). The summed E-state index contributed by atoms with van der Waals surface area (Å²) in [4.78, 5) is 17.5. The number of nitrogens with zero attached hydrogens (tertiary/aromatic N) is 2. The van der Waals surface area contributed by atoms with E-state index in [0.717, 1.165) is 46.3 Å². The van der Waals surface area contributed by atoms with Crippen LogP contribution in [0.2, 0.25) is 5.02 Å². The van der Waals surface area contributed by atoms with Gasteiger partial charge >= 0.3 is 0 Å². The Morgan fingerprint density at radius 1 is 1.11 bits per heavy atom. The Bertz CT molecular complexity index is 1490. The first kappa shape index (κ1) is 26.3. The summed E-state index contributed by atoms with van der Waals surface area (Å²) in [6, 6.07) is 18.5. The van der Waals surface area contributed by atoms with Crippen LogP contribution in [0.4, 0.5) is 5.69 Å². The van der Waals surface area contributed by atoms with Gasteiger partial charge in [-0.05, 0) is 97.8 Å². The van der Waals surface area contributed by atoms with Crippen molar-refractivity contribution >= 4 is 34.3 Å². The smallest absolute Gasteiger partial charge is 0.257 e. The van der Waals surface area contributed by atoms with Gasteiger partial charge in [0.25, 0.3) is 5.89 Å². The number of rotatable bonds is 8. The van der Waals surface area contributed by atoms with Gasteiger partial charge in [0.1, 0.15) is 0 Å². The maximum Gasteiger partial charge on any atom is 0.257 e. The molecule has 0 radical (unpaired) electrons. The van der Waals surface area contributed by atoms with Crippen molar-refractivity contribution in [3.63, 3.8) is 0 Å². The minimum atomic E-state index is -1.93. The lowest BCUT2D eigenvalue weighted by atomic mass is 9.87. The molecular weight excluding hydrogens is 522 g/mol. The first-order valence-electron chi connectivity index (χ1n) is 12.4. The number of amides is 1. The van der Waals surface area contributed by atoms with Crippen molar-refractivity contribution in [3.05, 3.63) is 99.3 Å². The molecule has 1 aliphatic rings. The van der Waals surface area contributed by atoms with Gasteiger partial charge in [-0.3, -0.25) is 4.79 Å². The molecule has 7 nitrogen and oxygen atoms in total. The zero-order chi connectivity index (χ0) is 27.0. The third-order valence-corrected chi connectivity index (χ3v) is 8.24. The second-order valence-electron chi connectivity index (χ2n) is 9.88. The molecule has 38 heavy (non-hydrogen) atoms. The van der Waals surface area contributed by atoms with E-state index in [2.05, 4.69) is 10.5 Å². The Morgan fingerprint density at radius 2 is 1.74 bits per heavy atom. The third kappa shape index (κ3) is 5.29. The number of aryl methyl sites for hydroxylation is 2. The average Bonchev–Trinajstić information content (AvgIpc) is 3.50. The molecule has 0 aliphatic heterocycles. The Hall–Kier alpha value is -3.33. The molecule has 1 aliphatic carbocycles. The highest BCUT2D eigenvalue weighted by molar-refractivity contribution is 7.79. The molecule has 0 saturated heterocycles. The van der Waals surface area contributed by atoms with Crippen LogP contribution in [0.1, 0.15) is 58.7 Å². The average molecular weight is 550 g/mol. The molecule has 1 saturated carbocycles. The summed E-state index contributed by atoms with van der Waals surface area (Å²) < 4.78 is 26.2. The fourth-order valence-corrected chi connectivity index (χ4v) is 5.56. The molecule has 2 N–H and O–H groups in total. The zero-order valence-corrected chi connectivity index (χ0v) is 22.9. The van der Waals surface area contributed by atoms with Crippen LogP contribution >= 0.6 is 11.6 Å². The summed E-state index contributed by atoms with van der Waals surface area (Å²) in [6.07, 6.45) is 2.06. The van der Waals surface area contributed by atoms with Gasteiger partial charge in [0.2, 0.25) is 5.91 Å². The van der Waals surface area contributed by atoms with Crippen LogP contribution in [0.15, 0.2) is 65.2 Å². The van der Waals surface area contributed by atoms with Crippen molar-refractivity contribution in [1.82, 2.24) is 10.1 Å². The number of hydrogen-bond donors (Lipinski definition) is 2. The van der Waals surface area contributed by atoms with Crippen molar-refractivity contribution in [1.29, 1.82) is 0 Å². The van der Waals surface area contributed by atoms with Gasteiger partial charge in [-0.2, -0.15) is 4.98 Å². The van der Waals surface area contributed by atoms with Crippen molar-refractivity contribution in [3.8, 4) is 11.5 Å². The maximum atomic E-state index is 12.8. The molecule has 1 aromatic heterocycles. The molecule has 1 fully saturated rings. The van der Waals surface area contributed by atoms with E-state index in [1.807, 2.05) is 50.2 Å². The van der Waals surface area contributed by atoms with E-state index in [0.29, 0.717) is 16.7 Å². The minimum absolute atomic E-state index is 0.130. The summed E-state index contributed by atoms with van der Waals surface area (Å²) in [5, 5.41) is 7.51. The second kappa shape index (κ2) is 10.4. The Kier molecular flexibility index (Phi) is 7.22. The van der Waals surface area contributed by atoms with Crippen molar-refractivity contribution in [2.24, 2.45) is 0 Å². The third-order valence-electron chi connectivity index (χ3n) is 7.11. The molecule has 4 aromatic rings. The predicted octanol–water partition coefficient (Wildman–Crippen LogP) is 6.55. The van der Waals surface area contributed by atoms with Gasteiger partial charge in [0.15, 0.2) is 16.9 Å². The fourth-order valence-electron chi connectivity index (χ4n) is 5.04. The lowest BCUT2D eigenvalue weighted by molar-refractivity contribution is -0.115. The molecule has 2 unspecified atom stereocenters. The van der Waals surface area contributed by atoms with E-state index in [9.17, 15) is 13.6 Å². The molecule has 196 valence electrons. The van der Waals surface area contributed by atoms with Gasteiger partial charge in [0, 0.05) is 16.3 Å². The van der Waals surface area contributed by atoms with Crippen LogP contribution < -0.4 is 5.32 Å². The number of aromatic nitrogens is 2. The van der Waals surface area contributed by atoms with E-state index in [4.69, 9.17) is 21.1 Å². The number of carbonyl (C=O) groups excluding carboxylic acids is 1. The van der Waals surface area contributed by atoms with Crippen molar-refractivity contribution in [2.75, 3.05) is 5.32 Å². The van der Waals surface area contributed by atoms with Crippen LogP contribution in [0, 0.1) is 13.8 Å². The highest BCUT2D eigenvalue weighted by Gasteiger charge is 2.51. The molecule has 2 atom stereocenters. The molecule has 9 heteroatoms. The first-order chi connectivity index (χ1) is 18.2. The Labute approximate surface area is 228 Å². The first-order valence-corrected chi connectivity index (χ1v) is 13.9. The summed E-state index contributed by atoms with van der Waals surface area (Å²) >= 11 is 4.07. The summed E-state index contributed by atoms with van der Waals surface area (Å²) in [6.45, 7) is 5.78. The fraction of sp³-hybridized carbons (Fsp3) is 0.276.